The SMILES string of the molecule is CCCNC(=O)C(C)N(Cc1cccc(OC)c1)C(=O)CN(c1ccc(F)cc1)S(=O)(=O)N(C)C. The van der Waals surface area contributed by atoms with Crippen LogP contribution in [0.4, 0.5) is 10.1 Å². The first-order valence-electron chi connectivity index (χ1n) is 11.2. The second kappa shape index (κ2) is 12.5. The first-order valence-corrected chi connectivity index (χ1v) is 12.6. The summed E-state index contributed by atoms with van der Waals surface area (Å²) in [6, 6.07) is 11.0. The van der Waals surface area contributed by atoms with Crippen LogP contribution in [0.1, 0.15) is 25.8 Å². The van der Waals surface area contributed by atoms with Crippen molar-refractivity contribution in [3.63, 3.8) is 0 Å². The summed E-state index contributed by atoms with van der Waals surface area (Å²) < 4.78 is 46.7. The molecule has 2 aromatic carbocycles. The van der Waals surface area contributed by atoms with Crippen molar-refractivity contribution in [2.75, 3.05) is 38.6 Å². The molecule has 0 fully saturated rings. The Balaban J connectivity index is 2.44. The van der Waals surface area contributed by atoms with Crippen molar-refractivity contribution in [1.82, 2.24) is 14.5 Å². The summed E-state index contributed by atoms with van der Waals surface area (Å²) in [5.74, 6) is -0.905. The molecule has 1 N–H and O–H groups in total. The molecule has 0 heterocycles. The fourth-order valence-corrected chi connectivity index (χ4v) is 4.33. The Kier molecular flexibility index (Phi) is 10.0. The van der Waals surface area contributed by atoms with Crippen molar-refractivity contribution in [2.45, 2.75) is 32.9 Å². The van der Waals surface area contributed by atoms with Gasteiger partial charge in [-0.2, -0.15) is 12.7 Å². The van der Waals surface area contributed by atoms with Gasteiger partial charge in [-0.1, -0.05) is 19.1 Å². The zero-order valence-corrected chi connectivity index (χ0v) is 21.5. The molecule has 0 aliphatic carbocycles. The predicted molar refractivity (Wildman–Crippen MR) is 133 cm³/mol. The number of ether oxygens (including phenoxy) is 1. The number of rotatable bonds is 12. The fraction of sp³-hybridized carbons (Fsp3) is 0.417. The van der Waals surface area contributed by atoms with Crippen molar-refractivity contribution in [2.24, 2.45) is 0 Å². The summed E-state index contributed by atoms with van der Waals surface area (Å²) in [6.45, 7) is 3.42. The quantitative estimate of drug-likeness (QED) is 0.475. The Bertz CT molecular complexity index is 1110. The highest BCUT2D eigenvalue weighted by Crippen LogP contribution is 2.22. The Morgan fingerprint density at radius 3 is 2.34 bits per heavy atom. The van der Waals surface area contributed by atoms with Crippen LogP contribution < -0.4 is 14.4 Å². The summed E-state index contributed by atoms with van der Waals surface area (Å²) in [5, 5.41) is 2.78. The minimum absolute atomic E-state index is 0.0516. The molecule has 35 heavy (non-hydrogen) atoms. The Morgan fingerprint density at radius 1 is 1.11 bits per heavy atom. The molecular weight excluding hydrogens is 475 g/mol. The third-order valence-electron chi connectivity index (χ3n) is 5.34. The fourth-order valence-electron chi connectivity index (χ4n) is 3.27. The molecule has 9 nitrogen and oxygen atoms in total. The van der Waals surface area contributed by atoms with Crippen LogP contribution in [-0.2, 0) is 26.3 Å². The first kappa shape index (κ1) is 28.1. The lowest BCUT2D eigenvalue weighted by Gasteiger charge is -2.32. The standard InChI is InChI=1S/C24H33FN4O5S/c1-6-14-26-24(31)18(2)28(16-19-8-7-9-22(15-19)34-5)23(30)17-29(35(32,33)27(3)4)21-12-10-20(25)11-13-21/h7-13,15,18H,6,14,16-17H2,1-5H3,(H,26,31). The van der Waals surface area contributed by atoms with Crippen LogP contribution in [0.25, 0.3) is 0 Å². The van der Waals surface area contributed by atoms with Crippen molar-refractivity contribution < 1.29 is 27.1 Å². The number of nitrogens with zero attached hydrogens (tertiary/aromatic N) is 3. The van der Waals surface area contributed by atoms with Crippen molar-refractivity contribution >= 4 is 27.7 Å². The number of nitrogens with one attached hydrogen (secondary N) is 1. The lowest BCUT2D eigenvalue weighted by atomic mass is 10.1. The smallest absolute Gasteiger partial charge is 0.304 e. The second-order valence-electron chi connectivity index (χ2n) is 8.11. The van der Waals surface area contributed by atoms with Crippen LogP contribution >= 0.6 is 0 Å². The molecule has 1 unspecified atom stereocenters. The molecule has 0 aromatic heterocycles. The van der Waals surface area contributed by atoms with Crippen LogP contribution in [0, 0.1) is 5.82 Å². The molecule has 0 aliphatic heterocycles. The second-order valence-corrected chi connectivity index (χ2v) is 10.2. The highest BCUT2D eigenvalue weighted by Gasteiger charge is 2.32. The third kappa shape index (κ3) is 7.40. The van der Waals surface area contributed by atoms with E-state index in [2.05, 4.69) is 5.32 Å². The van der Waals surface area contributed by atoms with Gasteiger partial charge < -0.3 is 15.0 Å². The summed E-state index contributed by atoms with van der Waals surface area (Å²) >= 11 is 0. The molecule has 1 atom stereocenters. The molecule has 0 aliphatic rings. The molecule has 11 heteroatoms. The van der Waals surface area contributed by atoms with Crippen molar-refractivity contribution in [3.05, 3.63) is 59.9 Å². The molecule has 0 radical (unpaired) electrons. The zero-order chi connectivity index (χ0) is 26.2. The zero-order valence-electron chi connectivity index (χ0n) is 20.7. The third-order valence-corrected chi connectivity index (χ3v) is 7.16. The van der Waals surface area contributed by atoms with Gasteiger partial charge in [-0.25, -0.2) is 8.70 Å². The number of halogens is 1. The highest BCUT2D eigenvalue weighted by molar-refractivity contribution is 7.90. The summed E-state index contributed by atoms with van der Waals surface area (Å²) in [4.78, 5) is 27.6. The van der Waals surface area contributed by atoms with Gasteiger partial charge in [0.15, 0.2) is 0 Å². The summed E-state index contributed by atoms with van der Waals surface area (Å²) in [6.07, 6.45) is 0.724. The number of hydrogen-bond donors (Lipinski definition) is 1. The van der Waals surface area contributed by atoms with Gasteiger partial charge in [-0.15, -0.1) is 0 Å². The number of methoxy groups -OCH3 is 1. The van der Waals surface area contributed by atoms with Crippen LogP contribution in [0.2, 0.25) is 0 Å². The Hall–Kier alpha value is -3.18. The van der Waals surface area contributed by atoms with Gasteiger partial charge in [0.1, 0.15) is 24.2 Å². The van der Waals surface area contributed by atoms with Gasteiger partial charge in [-0.05, 0) is 55.3 Å². The van der Waals surface area contributed by atoms with E-state index in [0.717, 1.165) is 27.2 Å². The maximum Gasteiger partial charge on any atom is 0.304 e. The van der Waals surface area contributed by atoms with E-state index < -0.39 is 34.5 Å². The van der Waals surface area contributed by atoms with Crippen LogP contribution in [0.5, 0.6) is 5.75 Å². The van der Waals surface area contributed by atoms with E-state index in [0.29, 0.717) is 17.9 Å². The number of benzene rings is 2. The number of hydrogen-bond acceptors (Lipinski definition) is 5. The van der Waals surface area contributed by atoms with Gasteiger partial charge in [0.25, 0.3) is 0 Å². The number of carbonyl (C=O) groups is 2. The molecular formula is C24H33FN4O5S. The van der Waals surface area contributed by atoms with Gasteiger partial charge >= 0.3 is 10.2 Å². The van der Waals surface area contributed by atoms with Crippen molar-refractivity contribution in [1.29, 1.82) is 0 Å². The van der Waals surface area contributed by atoms with E-state index in [1.54, 1.807) is 31.2 Å². The topological polar surface area (TPSA) is 99.3 Å². The predicted octanol–water partition coefficient (Wildman–Crippen LogP) is 2.39. The highest BCUT2D eigenvalue weighted by atomic mass is 32.2. The van der Waals surface area contributed by atoms with E-state index in [1.165, 1.54) is 38.2 Å². The van der Waals surface area contributed by atoms with E-state index in [1.807, 2.05) is 6.92 Å². The molecule has 0 bridgehead atoms. The van der Waals surface area contributed by atoms with E-state index >= 15 is 0 Å². The number of anilines is 1. The maximum atomic E-state index is 13.6. The Morgan fingerprint density at radius 2 is 1.77 bits per heavy atom. The monoisotopic (exact) mass is 508 g/mol. The molecule has 0 spiro atoms. The number of amides is 2. The molecule has 192 valence electrons. The largest absolute Gasteiger partial charge is 0.497 e. The van der Waals surface area contributed by atoms with E-state index in [9.17, 15) is 22.4 Å². The average Bonchev–Trinajstić information content (AvgIpc) is 2.84. The maximum absolute atomic E-state index is 13.6. The summed E-state index contributed by atoms with van der Waals surface area (Å²) in [5.41, 5.74) is 0.828. The lowest BCUT2D eigenvalue weighted by Crippen LogP contribution is -2.52. The minimum Gasteiger partial charge on any atom is -0.497 e. The molecule has 2 rings (SSSR count). The van der Waals surface area contributed by atoms with Crippen molar-refractivity contribution in [3.8, 4) is 5.75 Å². The van der Waals surface area contributed by atoms with Gasteiger partial charge in [0.2, 0.25) is 11.8 Å². The lowest BCUT2D eigenvalue weighted by molar-refractivity contribution is -0.139. The van der Waals surface area contributed by atoms with Gasteiger partial charge in [-0.3, -0.25) is 9.59 Å². The minimum atomic E-state index is -4.10. The molecule has 2 amide bonds. The average molecular weight is 509 g/mol. The van der Waals surface area contributed by atoms with Gasteiger partial charge in [0, 0.05) is 27.2 Å². The Labute approximate surface area is 206 Å². The normalized spacial score (nSPS) is 12.2. The van der Waals surface area contributed by atoms with E-state index in [-0.39, 0.29) is 18.1 Å². The number of carbonyl (C=O) groups excluding carboxylic acids is 2. The summed E-state index contributed by atoms with van der Waals surface area (Å²) in [7, 11) is 0.0993. The van der Waals surface area contributed by atoms with Gasteiger partial charge in [0.05, 0.1) is 12.8 Å². The molecule has 0 saturated heterocycles. The van der Waals surface area contributed by atoms with Crippen LogP contribution in [-0.4, -0.2) is 69.8 Å². The van der Waals surface area contributed by atoms with Crippen LogP contribution in [0.3, 0.4) is 0 Å². The first-order chi connectivity index (χ1) is 16.5. The molecule has 2 aromatic rings. The molecule has 0 saturated carbocycles. The van der Waals surface area contributed by atoms with Crippen LogP contribution in [0.15, 0.2) is 48.5 Å². The van der Waals surface area contributed by atoms with E-state index in [4.69, 9.17) is 4.74 Å².